The summed E-state index contributed by atoms with van der Waals surface area (Å²) in [5.74, 6) is 2.04. The Labute approximate surface area is 163 Å². The monoisotopic (exact) mass is 381 g/mol. The van der Waals surface area contributed by atoms with Gasteiger partial charge in [0.05, 0.1) is 30.6 Å². The van der Waals surface area contributed by atoms with Crippen LogP contribution in [-0.2, 0) is 4.74 Å². The second-order valence-electron chi connectivity index (χ2n) is 7.42. The molecule has 2 saturated heterocycles. The molecule has 0 aromatic carbocycles. The number of aromatic nitrogens is 3. The number of rotatable bonds is 2. The first-order valence-corrected chi connectivity index (χ1v) is 9.68. The number of fused-ring (bicyclic) bond motifs is 4. The van der Waals surface area contributed by atoms with Crippen LogP contribution < -0.4 is 20.0 Å². The number of nitrogens with zero attached hydrogens (tertiary/aromatic N) is 6. The standard InChI is InChI=1S/C19H23N7O2/c1-13-11-25(8-9-28-13)17-3-2-15-18(23-17)26(14-4-7-24(15)12-14)19(27)22-16-10-20-5-6-21-16/h2-3,5-6,10,13-14H,4,7-9,11-12H2,1H3,(H,21,22,27)/t13-,14-/m0/s1. The van der Waals surface area contributed by atoms with E-state index in [-0.39, 0.29) is 18.2 Å². The normalized spacial score (nSPS) is 23.5. The fraction of sp³-hybridized carbons (Fsp3) is 0.474. The van der Waals surface area contributed by atoms with Gasteiger partial charge in [0.15, 0.2) is 11.6 Å². The summed E-state index contributed by atoms with van der Waals surface area (Å²) in [6.07, 6.45) is 5.78. The van der Waals surface area contributed by atoms with E-state index in [0.29, 0.717) is 18.2 Å². The minimum atomic E-state index is -0.215. The van der Waals surface area contributed by atoms with Gasteiger partial charge in [-0.15, -0.1) is 0 Å². The summed E-state index contributed by atoms with van der Waals surface area (Å²) in [7, 11) is 0. The number of carbonyl (C=O) groups excluding carboxylic acids is 1. The molecule has 0 spiro atoms. The molecular formula is C19H23N7O2. The third-order valence-corrected chi connectivity index (χ3v) is 5.52. The van der Waals surface area contributed by atoms with Crippen LogP contribution in [-0.4, -0.2) is 65.9 Å². The van der Waals surface area contributed by atoms with E-state index in [4.69, 9.17) is 9.72 Å². The zero-order valence-electron chi connectivity index (χ0n) is 15.8. The number of hydrogen-bond donors (Lipinski definition) is 1. The molecule has 0 aliphatic carbocycles. The summed E-state index contributed by atoms with van der Waals surface area (Å²) in [5.41, 5.74) is 1.01. The fourth-order valence-electron chi connectivity index (χ4n) is 4.20. The van der Waals surface area contributed by atoms with Gasteiger partial charge in [0.2, 0.25) is 0 Å². The summed E-state index contributed by atoms with van der Waals surface area (Å²) in [6, 6.07) is 4.03. The molecule has 2 aromatic heterocycles. The smallest absolute Gasteiger partial charge is 0.329 e. The number of morpholine rings is 1. The third-order valence-electron chi connectivity index (χ3n) is 5.52. The molecule has 5 heterocycles. The molecule has 9 heteroatoms. The molecule has 0 saturated carbocycles. The van der Waals surface area contributed by atoms with Crippen LogP contribution in [0.1, 0.15) is 13.3 Å². The molecule has 5 rings (SSSR count). The van der Waals surface area contributed by atoms with Crippen molar-refractivity contribution in [3.63, 3.8) is 0 Å². The van der Waals surface area contributed by atoms with E-state index in [0.717, 1.165) is 44.1 Å². The largest absolute Gasteiger partial charge is 0.375 e. The Kier molecular flexibility index (Phi) is 4.23. The Balaban J connectivity index is 1.47. The molecule has 2 atom stereocenters. The van der Waals surface area contributed by atoms with Gasteiger partial charge in [0.1, 0.15) is 5.82 Å². The number of hydrogen-bond acceptors (Lipinski definition) is 7. The van der Waals surface area contributed by atoms with Crippen LogP contribution in [0.5, 0.6) is 0 Å². The van der Waals surface area contributed by atoms with E-state index in [9.17, 15) is 4.79 Å². The SMILES string of the molecule is C[C@H]1CN(c2ccc3c(n2)N(C(=O)Nc2cnccn2)[C@H]2CCN3C2)CCO1. The molecule has 146 valence electrons. The fourth-order valence-corrected chi connectivity index (χ4v) is 4.20. The summed E-state index contributed by atoms with van der Waals surface area (Å²) >= 11 is 0. The topological polar surface area (TPSA) is 86.7 Å². The Morgan fingerprint density at radius 3 is 2.96 bits per heavy atom. The highest BCUT2D eigenvalue weighted by atomic mass is 16.5. The number of amides is 2. The van der Waals surface area contributed by atoms with Gasteiger partial charge < -0.3 is 14.5 Å². The maximum absolute atomic E-state index is 13.1. The van der Waals surface area contributed by atoms with E-state index in [1.54, 1.807) is 23.5 Å². The van der Waals surface area contributed by atoms with Crippen LogP contribution in [0.4, 0.5) is 27.9 Å². The van der Waals surface area contributed by atoms with Crippen molar-refractivity contribution < 1.29 is 9.53 Å². The van der Waals surface area contributed by atoms with Gasteiger partial charge in [-0.25, -0.2) is 14.8 Å². The highest BCUT2D eigenvalue weighted by Crippen LogP contribution is 2.40. The van der Waals surface area contributed by atoms with Crippen molar-refractivity contribution >= 4 is 29.2 Å². The van der Waals surface area contributed by atoms with Gasteiger partial charge in [-0.2, -0.15) is 0 Å². The van der Waals surface area contributed by atoms with Crippen molar-refractivity contribution in [2.75, 3.05) is 52.8 Å². The third kappa shape index (κ3) is 3.01. The number of pyridine rings is 1. The first kappa shape index (κ1) is 17.2. The van der Waals surface area contributed by atoms with Crippen molar-refractivity contribution in [3.05, 3.63) is 30.7 Å². The minimum Gasteiger partial charge on any atom is -0.375 e. The molecule has 1 N–H and O–H groups in total. The van der Waals surface area contributed by atoms with E-state index in [1.807, 2.05) is 6.07 Å². The predicted molar refractivity (Wildman–Crippen MR) is 106 cm³/mol. The highest BCUT2D eigenvalue weighted by molar-refractivity contribution is 6.04. The molecular weight excluding hydrogens is 358 g/mol. The van der Waals surface area contributed by atoms with Crippen molar-refractivity contribution in [2.45, 2.75) is 25.5 Å². The number of nitrogens with one attached hydrogen (secondary N) is 1. The lowest BCUT2D eigenvalue weighted by Gasteiger charge is -2.37. The first-order chi connectivity index (χ1) is 13.7. The molecule has 0 unspecified atom stereocenters. The maximum atomic E-state index is 13.1. The van der Waals surface area contributed by atoms with Crippen LogP contribution in [0.25, 0.3) is 0 Å². The molecule has 28 heavy (non-hydrogen) atoms. The van der Waals surface area contributed by atoms with Gasteiger partial charge in [-0.1, -0.05) is 0 Å². The summed E-state index contributed by atoms with van der Waals surface area (Å²) in [5, 5.41) is 2.86. The molecule has 9 nitrogen and oxygen atoms in total. The van der Waals surface area contributed by atoms with E-state index < -0.39 is 0 Å². The quantitative estimate of drug-likeness (QED) is 0.848. The van der Waals surface area contributed by atoms with E-state index >= 15 is 0 Å². The van der Waals surface area contributed by atoms with Crippen LogP contribution in [0.3, 0.4) is 0 Å². The van der Waals surface area contributed by atoms with Gasteiger partial charge in [-0.3, -0.25) is 15.2 Å². The zero-order valence-corrected chi connectivity index (χ0v) is 15.8. The molecule has 3 aliphatic heterocycles. The second kappa shape index (κ2) is 6.90. The van der Waals surface area contributed by atoms with Crippen molar-refractivity contribution in [3.8, 4) is 0 Å². The summed E-state index contributed by atoms with van der Waals surface area (Å²) < 4.78 is 5.65. The number of ether oxygens (including phenoxy) is 1. The van der Waals surface area contributed by atoms with E-state index in [1.165, 1.54) is 0 Å². The van der Waals surface area contributed by atoms with Crippen molar-refractivity contribution in [2.24, 2.45) is 0 Å². The number of anilines is 4. The number of urea groups is 1. The summed E-state index contributed by atoms with van der Waals surface area (Å²) in [6.45, 7) is 6.11. The Morgan fingerprint density at radius 1 is 1.21 bits per heavy atom. The average molecular weight is 381 g/mol. The molecule has 2 bridgehead atoms. The van der Waals surface area contributed by atoms with Crippen LogP contribution in [0.2, 0.25) is 0 Å². The van der Waals surface area contributed by atoms with E-state index in [2.05, 4.69) is 38.1 Å². The molecule has 3 aliphatic rings. The summed E-state index contributed by atoms with van der Waals surface area (Å²) in [4.78, 5) is 32.5. The lowest BCUT2D eigenvalue weighted by atomic mass is 10.2. The maximum Gasteiger partial charge on any atom is 0.329 e. The van der Waals surface area contributed by atoms with Crippen LogP contribution in [0, 0.1) is 0 Å². The van der Waals surface area contributed by atoms with Gasteiger partial charge in [0, 0.05) is 38.6 Å². The van der Waals surface area contributed by atoms with Crippen LogP contribution >= 0.6 is 0 Å². The molecule has 2 fully saturated rings. The first-order valence-electron chi connectivity index (χ1n) is 9.68. The van der Waals surface area contributed by atoms with Gasteiger partial charge >= 0.3 is 6.03 Å². The predicted octanol–water partition coefficient (Wildman–Crippen LogP) is 1.73. The Hall–Kier alpha value is -2.94. The van der Waals surface area contributed by atoms with Crippen molar-refractivity contribution in [1.82, 2.24) is 15.0 Å². The van der Waals surface area contributed by atoms with Gasteiger partial charge in [-0.05, 0) is 25.5 Å². The Bertz CT molecular complexity index is 878. The average Bonchev–Trinajstić information content (AvgIpc) is 3.13. The number of carbonyl (C=O) groups is 1. The van der Waals surface area contributed by atoms with Crippen molar-refractivity contribution in [1.29, 1.82) is 0 Å². The second-order valence-corrected chi connectivity index (χ2v) is 7.42. The Morgan fingerprint density at radius 2 is 2.14 bits per heavy atom. The lowest BCUT2D eigenvalue weighted by Crippen LogP contribution is -2.49. The lowest BCUT2D eigenvalue weighted by molar-refractivity contribution is 0.0529. The molecule has 2 aromatic rings. The highest BCUT2D eigenvalue weighted by Gasteiger charge is 2.40. The molecule has 0 radical (unpaired) electrons. The van der Waals surface area contributed by atoms with Crippen LogP contribution in [0.15, 0.2) is 30.7 Å². The zero-order chi connectivity index (χ0) is 19.1. The van der Waals surface area contributed by atoms with Gasteiger partial charge in [0.25, 0.3) is 0 Å². The minimum absolute atomic E-state index is 0.107. The molecule has 2 amide bonds.